The Bertz CT molecular complexity index is 881. The summed E-state index contributed by atoms with van der Waals surface area (Å²) in [4.78, 5) is 37.7. The van der Waals surface area contributed by atoms with Crippen LogP contribution in [0.15, 0.2) is 54.6 Å². The number of amides is 2. The van der Waals surface area contributed by atoms with Gasteiger partial charge < -0.3 is 9.84 Å². The van der Waals surface area contributed by atoms with E-state index in [1.165, 1.54) is 0 Å². The predicted octanol–water partition coefficient (Wildman–Crippen LogP) is 2.59. The van der Waals surface area contributed by atoms with Gasteiger partial charge in [0.15, 0.2) is 5.54 Å². The molecule has 0 saturated carbocycles. The summed E-state index contributed by atoms with van der Waals surface area (Å²) < 4.78 is 5.15. The van der Waals surface area contributed by atoms with E-state index in [1.54, 1.807) is 68.6 Å². The van der Waals surface area contributed by atoms with Gasteiger partial charge in [-0.3, -0.25) is 15.0 Å². The van der Waals surface area contributed by atoms with Gasteiger partial charge in [-0.2, -0.15) is 0 Å². The van der Waals surface area contributed by atoms with E-state index in [4.69, 9.17) is 4.74 Å². The fraction of sp³-hybridized carbons (Fsp3) is 0.286. The van der Waals surface area contributed by atoms with Crippen molar-refractivity contribution in [2.75, 3.05) is 7.11 Å². The number of carboxylic acids is 1. The van der Waals surface area contributed by atoms with Gasteiger partial charge in [-0.1, -0.05) is 37.3 Å². The van der Waals surface area contributed by atoms with E-state index < -0.39 is 29.2 Å². The normalized spacial score (nSPS) is 21.4. The van der Waals surface area contributed by atoms with E-state index in [-0.39, 0.29) is 12.8 Å². The quantitative estimate of drug-likeness (QED) is 0.801. The van der Waals surface area contributed by atoms with Gasteiger partial charge in [0.1, 0.15) is 5.75 Å². The molecule has 0 spiro atoms. The van der Waals surface area contributed by atoms with E-state index in [1.807, 2.05) is 0 Å². The molecule has 3 rings (SSSR count). The van der Waals surface area contributed by atoms with Gasteiger partial charge in [0.05, 0.1) is 7.11 Å². The Morgan fingerprint density at radius 2 is 1.82 bits per heavy atom. The third-order valence-electron chi connectivity index (χ3n) is 5.28. The van der Waals surface area contributed by atoms with Crippen LogP contribution in [0.5, 0.6) is 5.75 Å². The van der Waals surface area contributed by atoms with Gasteiger partial charge in [0.2, 0.25) is 5.91 Å². The molecule has 2 aromatic carbocycles. The molecule has 0 aliphatic carbocycles. The minimum atomic E-state index is -1.57. The van der Waals surface area contributed by atoms with Crippen LogP contribution in [0.1, 0.15) is 41.6 Å². The Morgan fingerprint density at radius 3 is 2.36 bits per heavy atom. The van der Waals surface area contributed by atoms with Crippen LogP contribution in [0, 0.1) is 0 Å². The highest BCUT2D eigenvalue weighted by molar-refractivity contribution is 5.99. The molecule has 0 bridgehead atoms. The Morgan fingerprint density at radius 1 is 1.18 bits per heavy atom. The second-order valence-electron chi connectivity index (χ2n) is 6.65. The second kappa shape index (κ2) is 7.72. The van der Waals surface area contributed by atoms with Gasteiger partial charge >= 0.3 is 5.97 Å². The lowest BCUT2D eigenvalue weighted by atomic mass is 9.78. The topological polar surface area (TPSA) is 95.9 Å². The molecule has 2 N–H and O–H groups in total. The summed E-state index contributed by atoms with van der Waals surface area (Å²) >= 11 is 0. The van der Waals surface area contributed by atoms with Gasteiger partial charge in [0, 0.05) is 17.9 Å². The molecule has 1 saturated heterocycles. The highest BCUT2D eigenvalue weighted by atomic mass is 16.5. The fourth-order valence-electron chi connectivity index (χ4n) is 3.76. The number of rotatable bonds is 6. The van der Waals surface area contributed by atoms with Crippen LogP contribution in [0.25, 0.3) is 0 Å². The number of carbonyl (C=O) groups is 3. The van der Waals surface area contributed by atoms with Crippen LogP contribution in [0.2, 0.25) is 0 Å². The van der Waals surface area contributed by atoms with Crippen LogP contribution in [0.3, 0.4) is 0 Å². The first-order valence-corrected chi connectivity index (χ1v) is 9.00. The number of benzene rings is 2. The first-order valence-electron chi connectivity index (χ1n) is 9.00. The Kier molecular flexibility index (Phi) is 5.35. The molecule has 7 heteroatoms. The van der Waals surface area contributed by atoms with Gasteiger partial charge in [-0.05, 0) is 36.2 Å². The largest absolute Gasteiger partial charge is 0.497 e. The number of carboxylic acid groups (broad SMARTS) is 1. The van der Waals surface area contributed by atoms with Crippen molar-refractivity contribution in [2.45, 2.75) is 31.2 Å². The minimum absolute atomic E-state index is 0.0124. The predicted molar refractivity (Wildman–Crippen MR) is 102 cm³/mol. The summed E-state index contributed by atoms with van der Waals surface area (Å²) in [7, 11) is 1.54. The second-order valence-corrected chi connectivity index (χ2v) is 6.65. The molecule has 0 unspecified atom stereocenters. The average molecular weight is 382 g/mol. The number of nitrogens with one attached hydrogen (secondary N) is 1. The summed E-state index contributed by atoms with van der Waals surface area (Å²) in [5, 5.41) is 11.1. The van der Waals surface area contributed by atoms with E-state index in [2.05, 4.69) is 5.43 Å². The molecule has 0 radical (unpaired) electrons. The number of hydrogen-bond acceptors (Lipinski definition) is 4. The lowest BCUT2D eigenvalue weighted by Gasteiger charge is -2.37. The van der Waals surface area contributed by atoms with Crippen LogP contribution in [-0.4, -0.2) is 40.5 Å². The monoisotopic (exact) mass is 382 g/mol. The fourth-order valence-corrected chi connectivity index (χ4v) is 3.76. The lowest BCUT2D eigenvalue weighted by Crippen LogP contribution is -2.61. The molecule has 1 aliphatic heterocycles. The Hall–Kier alpha value is -3.35. The van der Waals surface area contributed by atoms with Gasteiger partial charge in [-0.15, -0.1) is 0 Å². The first kappa shape index (κ1) is 19.4. The number of aliphatic carboxylic acids is 1. The van der Waals surface area contributed by atoms with Crippen molar-refractivity contribution in [1.29, 1.82) is 0 Å². The standard InChI is InChI=1S/C21H22N2O5/c1-3-21(20(26)27)17(14-9-11-16(28-2)12-10-14)13-18(24)23(21)22-19(25)15-7-5-4-6-8-15/h4-12,17H,3,13H2,1-2H3,(H,22,25)(H,26,27)/t17-,21+/m0/s1. The molecule has 2 amide bonds. The lowest BCUT2D eigenvalue weighted by molar-refractivity contribution is -0.157. The maximum atomic E-state index is 12.8. The maximum absolute atomic E-state index is 12.8. The van der Waals surface area contributed by atoms with Crippen molar-refractivity contribution in [1.82, 2.24) is 10.4 Å². The Balaban J connectivity index is 1.98. The summed E-state index contributed by atoms with van der Waals surface area (Å²) in [6.45, 7) is 1.70. The zero-order valence-corrected chi connectivity index (χ0v) is 15.7. The Labute approximate surface area is 162 Å². The number of methoxy groups -OCH3 is 1. The maximum Gasteiger partial charge on any atom is 0.332 e. The zero-order chi connectivity index (χ0) is 20.3. The highest BCUT2D eigenvalue weighted by Crippen LogP contribution is 2.44. The van der Waals surface area contributed by atoms with Gasteiger partial charge in [0.25, 0.3) is 5.91 Å². The van der Waals surface area contributed by atoms with Crippen molar-refractivity contribution in [2.24, 2.45) is 0 Å². The molecular weight excluding hydrogens is 360 g/mol. The SMILES string of the molecule is CC[C@]1(C(=O)O)[C@H](c2ccc(OC)cc2)CC(=O)N1NC(=O)c1ccccc1. The molecule has 1 fully saturated rings. The molecule has 7 nitrogen and oxygen atoms in total. The number of nitrogens with zero attached hydrogens (tertiary/aromatic N) is 1. The van der Waals surface area contributed by atoms with Crippen molar-refractivity contribution >= 4 is 17.8 Å². The molecular formula is C21H22N2O5. The van der Waals surface area contributed by atoms with Crippen molar-refractivity contribution < 1.29 is 24.2 Å². The molecule has 1 aliphatic rings. The molecule has 1 heterocycles. The van der Waals surface area contributed by atoms with Crippen molar-refractivity contribution in [3.05, 3.63) is 65.7 Å². The smallest absolute Gasteiger partial charge is 0.332 e. The van der Waals surface area contributed by atoms with Crippen LogP contribution < -0.4 is 10.2 Å². The molecule has 2 atom stereocenters. The summed E-state index contributed by atoms with van der Waals surface area (Å²) in [5.74, 6) is -2.09. The number of hydrogen-bond donors (Lipinski definition) is 2. The van der Waals surface area contributed by atoms with Crippen molar-refractivity contribution in [3.8, 4) is 5.75 Å². The summed E-state index contributed by atoms with van der Waals surface area (Å²) in [5.41, 5.74) is 2.01. The molecule has 0 aromatic heterocycles. The van der Waals surface area contributed by atoms with E-state index in [0.29, 0.717) is 16.9 Å². The third kappa shape index (κ3) is 3.19. The molecule has 2 aromatic rings. The van der Waals surface area contributed by atoms with E-state index in [0.717, 1.165) is 5.01 Å². The van der Waals surface area contributed by atoms with Crippen LogP contribution in [-0.2, 0) is 9.59 Å². The number of hydrazine groups is 1. The first-order chi connectivity index (χ1) is 13.4. The molecule has 146 valence electrons. The third-order valence-corrected chi connectivity index (χ3v) is 5.28. The van der Waals surface area contributed by atoms with Crippen molar-refractivity contribution in [3.63, 3.8) is 0 Å². The zero-order valence-electron chi connectivity index (χ0n) is 15.7. The highest BCUT2D eigenvalue weighted by Gasteiger charge is 2.58. The summed E-state index contributed by atoms with van der Waals surface area (Å²) in [6, 6.07) is 15.3. The average Bonchev–Trinajstić information content (AvgIpc) is 3.01. The number of ether oxygens (including phenoxy) is 1. The summed E-state index contributed by atoms with van der Waals surface area (Å²) in [6.07, 6.45) is 0.126. The minimum Gasteiger partial charge on any atom is -0.497 e. The van der Waals surface area contributed by atoms with Gasteiger partial charge in [-0.25, -0.2) is 9.80 Å². The number of carbonyl (C=O) groups excluding carboxylic acids is 2. The van der Waals surface area contributed by atoms with Crippen LogP contribution >= 0.6 is 0 Å². The van der Waals surface area contributed by atoms with E-state index >= 15 is 0 Å². The van der Waals surface area contributed by atoms with E-state index in [9.17, 15) is 19.5 Å². The van der Waals surface area contributed by atoms with Crippen LogP contribution in [0.4, 0.5) is 0 Å². The molecule has 28 heavy (non-hydrogen) atoms.